The number of hydrogen-bond donors (Lipinski definition) is 1. The van der Waals surface area contributed by atoms with Crippen LogP contribution in [0.15, 0.2) is 22.7 Å². The average molecular weight is 220 g/mol. The van der Waals surface area contributed by atoms with Gasteiger partial charge < -0.3 is 14.3 Å². The van der Waals surface area contributed by atoms with Crippen molar-refractivity contribution in [3.63, 3.8) is 0 Å². The van der Waals surface area contributed by atoms with Crippen molar-refractivity contribution in [1.29, 1.82) is 0 Å². The molecule has 0 spiro atoms. The van der Waals surface area contributed by atoms with E-state index in [1.807, 2.05) is 19.3 Å². The topological polar surface area (TPSA) is 55.9 Å². The molecule has 1 N–H and O–H groups in total. The number of aryl methyl sites for hydroxylation is 1. The lowest BCUT2D eigenvalue weighted by Crippen LogP contribution is -2.17. The Labute approximate surface area is 94.5 Å². The van der Waals surface area contributed by atoms with E-state index in [0.717, 1.165) is 0 Å². The molecule has 1 atom stereocenters. The second-order valence-corrected chi connectivity index (χ2v) is 3.79. The summed E-state index contributed by atoms with van der Waals surface area (Å²) in [6.45, 7) is 4.53. The standard InChI is InChI=1S/C11H16N4O/c1-8(12-3)10-5-4-6-15(10)7-11-14-13-9(2)16-11/h4-6,8,12H,7H2,1-3H3. The van der Waals surface area contributed by atoms with Gasteiger partial charge in [0.25, 0.3) is 0 Å². The Hall–Kier alpha value is -1.62. The average Bonchev–Trinajstić information content (AvgIpc) is 2.87. The second kappa shape index (κ2) is 4.49. The van der Waals surface area contributed by atoms with Crippen LogP contribution in [-0.2, 0) is 6.54 Å². The number of rotatable bonds is 4. The minimum absolute atomic E-state index is 0.305. The van der Waals surface area contributed by atoms with Crippen molar-refractivity contribution in [1.82, 2.24) is 20.1 Å². The van der Waals surface area contributed by atoms with Crippen LogP contribution >= 0.6 is 0 Å². The lowest BCUT2D eigenvalue weighted by atomic mass is 10.2. The van der Waals surface area contributed by atoms with E-state index in [0.29, 0.717) is 24.4 Å². The third kappa shape index (κ3) is 2.14. The molecular formula is C11H16N4O. The third-order valence-corrected chi connectivity index (χ3v) is 2.61. The lowest BCUT2D eigenvalue weighted by molar-refractivity contribution is 0.447. The van der Waals surface area contributed by atoms with Crippen LogP contribution < -0.4 is 5.32 Å². The van der Waals surface area contributed by atoms with Gasteiger partial charge in [-0.15, -0.1) is 10.2 Å². The number of aromatic nitrogens is 3. The molecule has 0 aliphatic rings. The van der Waals surface area contributed by atoms with Gasteiger partial charge in [-0.2, -0.15) is 0 Å². The van der Waals surface area contributed by atoms with Crippen LogP contribution in [0.5, 0.6) is 0 Å². The molecule has 0 amide bonds. The number of hydrogen-bond acceptors (Lipinski definition) is 4. The van der Waals surface area contributed by atoms with Crippen LogP contribution in [0.1, 0.15) is 30.4 Å². The molecule has 2 heterocycles. The molecule has 2 rings (SSSR count). The van der Waals surface area contributed by atoms with Gasteiger partial charge in [-0.3, -0.25) is 0 Å². The van der Waals surface area contributed by atoms with Crippen LogP contribution in [0.3, 0.4) is 0 Å². The van der Waals surface area contributed by atoms with Gasteiger partial charge in [-0.05, 0) is 26.1 Å². The van der Waals surface area contributed by atoms with E-state index in [9.17, 15) is 0 Å². The Bertz CT molecular complexity index is 460. The summed E-state index contributed by atoms with van der Waals surface area (Å²) in [5.41, 5.74) is 1.21. The molecule has 0 radical (unpaired) electrons. The monoisotopic (exact) mass is 220 g/mol. The summed E-state index contributed by atoms with van der Waals surface area (Å²) in [4.78, 5) is 0. The van der Waals surface area contributed by atoms with Gasteiger partial charge in [0.05, 0.1) is 0 Å². The Morgan fingerprint density at radius 2 is 2.31 bits per heavy atom. The first-order valence-electron chi connectivity index (χ1n) is 5.32. The Morgan fingerprint density at radius 3 is 2.94 bits per heavy atom. The molecule has 0 aromatic carbocycles. The molecule has 0 bridgehead atoms. The predicted octanol–water partition coefficient (Wildman–Crippen LogP) is 1.51. The fourth-order valence-electron chi connectivity index (χ4n) is 1.66. The summed E-state index contributed by atoms with van der Waals surface area (Å²) >= 11 is 0. The molecular weight excluding hydrogens is 204 g/mol. The van der Waals surface area contributed by atoms with E-state index in [1.54, 1.807) is 6.92 Å². The molecule has 0 aliphatic heterocycles. The van der Waals surface area contributed by atoms with E-state index in [2.05, 4.69) is 33.1 Å². The molecule has 1 unspecified atom stereocenters. The molecule has 0 fully saturated rings. The van der Waals surface area contributed by atoms with Crippen LogP contribution in [0.25, 0.3) is 0 Å². The highest BCUT2D eigenvalue weighted by molar-refractivity contribution is 5.12. The van der Waals surface area contributed by atoms with Gasteiger partial charge in [0.15, 0.2) is 0 Å². The highest BCUT2D eigenvalue weighted by atomic mass is 16.4. The quantitative estimate of drug-likeness (QED) is 0.848. The van der Waals surface area contributed by atoms with Crippen molar-refractivity contribution in [3.05, 3.63) is 35.8 Å². The van der Waals surface area contributed by atoms with Gasteiger partial charge in [-0.25, -0.2) is 0 Å². The SMILES string of the molecule is CNC(C)c1cccn1Cc1nnc(C)o1. The summed E-state index contributed by atoms with van der Waals surface area (Å²) in [5, 5.41) is 11.0. The van der Waals surface area contributed by atoms with E-state index < -0.39 is 0 Å². The zero-order valence-corrected chi connectivity index (χ0v) is 9.77. The first-order valence-corrected chi connectivity index (χ1v) is 5.32. The normalized spacial score (nSPS) is 12.9. The van der Waals surface area contributed by atoms with Crippen molar-refractivity contribution in [3.8, 4) is 0 Å². The van der Waals surface area contributed by atoms with E-state index in [-0.39, 0.29) is 0 Å². The van der Waals surface area contributed by atoms with Gasteiger partial charge in [0.1, 0.15) is 6.54 Å². The zero-order valence-electron chi connectivity index (χ0n) is 9.77. The van der Waals surface area contributed by atoms with Gasteiger partial charge in [0, 0.05) is 24.9 Å². The fraction of sp³-hybridized carbons (Fsp3) is 0.455. The third-order valence-electron chi connectivity index (χ3n) is 2.61. The summed E-state index contributed by atoms with van der Waals surface area (Å²) < 4.78 is 7.47. The Kier molecular flexibility index (Phi) is 3.05. The molecule has 86 valence electrons. The molecule has 5 nitrogen and oxygen atoms in total. The van der Waals surface area contributed by atoms with Crippen molar-refractivity contribution in [2.45, 2.75) is 26.4 Å². The van der Waals surface area contributed by atoms with Crippen LogP contribution in [0.2, 0.25) is 0 Å². The summed E-state index contributed by atoms with van der Waals surface area (Å²) in [5.74, 6) is 1.24. The molecule has 2 aromatic rings. The maximum absolute atomic E-state index is 5.36. The lowest BCUT2D eigenvalue weighted by Gasteiger charge is -2.13. The summed E-state index contributed by atoms with van der Waals surface area (Å²) in [6.07, 6.45) is 2.02. The first-order chi connectivity index (χ1) is 7.70. The summed E-state index contributed by atoms with van der Waals surface area (Å²) in [6, 6.07) is 4.41. The number of nitrogens with one attached hydrogen (secondary N) is 1. The van der Waals surface area contributed by atoms with Crippen molar-refractivity contribution in [2.24, 2.45) is 0 Å². The van der Waals surface area contributed by atoms with Gasteiger partial charge in [-0.1, -0.05) is 0 Å². The van der Waals surface area contributed by atoms with Crippen LogP contribution in [0.4, 0.5) is 0 Å². The highest BCUT2D eigenvalue weighted by Crippen LogP contribution is 2.14. The fourth-order valence-corrected chi connectivity index (χ4v) is 1.66. The van der Waals surface area contributed by atoms with E-state index >= 15 is 0 Å². The Morgan fingerprint density at radius 1 is 1.50 bits per heavy atom. The van der Waals surface area contributed by atoms with Crippen molar-refractivity contribution >= 4 is 0 Å². The highest BCUT2D eigenvalue weighted by Gasteiger charge is 2.10. The Balaban J connectivity index is 2.18. The minimum Gasteiger partial charge on any atom is -0.424 e. The smallest absolute Gasteiger partial charge is 0.236 e. The van der Waals surface area contributed by atoms with Crippen LogP contribution in [0, 0.1) is 6.92 Å². The second-order valence-electron chi connectivity index (χ2n) is 3.79. The summed E-state index contributed by atoms with van der Waals surface area (Å²) in [7, 11) is 1.94. The zero-order chi connectivity index (χ0) is 11.5. The first kappa shape index (κ1) is 10.9. The minimum atomic E-state index is 0.305. The number of nitrogens with zero attached hydrogens (tertiary/aromatic N) is 3. The van der Waals surface area contributed by atoms with E-state index in [4.69, 9.17) is 4.42 Å². The largest absolute Gasteiger partial charge is 0.424 e. The van der Waals surface area contributed by atoms with E-state index in [1.165, 1.54) is 5.69 Å². The van der Waals surface area contributed by atoms with Crippen LogP contribution in [-0.4, -0.2) is 21.8 Å². The maximum Gasteiger partial charge on any atom is 0.236 e. The predicted molar refractivity (Wildman–Crippen MR) is 60.0 cm³/mol. The maximum atomic E-state index is 5.36. The molecule has 16 heavy (non-hydrogen) atoms. The molecule has 0 saturated heterocycles. The molecule has 2 aromatic heterocycles. The molecule has 0 aliphatic carbocycles. The van der Waals surface area contributed by atoms with Gasteiger partial charge in [0.2, 0.25) is 11.8 Å². The van der Waals surface area contributed by atoms with Crippen molar-refractivity contribution < 1.29 is 4.42 Å². The molecule has 5 heteroatoms. The van der Waals surface area contributed by atoms with Gasteiger partial charge >= 0.3 is 0 Å². The molecule has 0 saturated carbocycles. The van der Waals surface area contributed by atoms with Crippen molar-refractivity contribution in [2.75, 3.05) is 7.05 Å².